The zero-order valence-corrected chi connectivity index (χ0v) is 15.7. The minimum atomic E-state index is -1.25. The lowest BCUT2D eigenvalue weighted by molar-refractivity contribution is -0.108. The number of hydrogen-bond acceptors (Lipinski definition) is 4. The second kappa shape index (κ2) is 7.00. The number of aryl methyl sites for hydroxylation is 1. The summed E-state index contributed by atoms with van der Waals surface area (Å²) in [6, 6.07) is 10.8. The fraction of sp³-hybridized carbons (Fsp3) is 0.286. The van der Waals surface area contributed by atoms with Crippen LogP contribution in [0.25, 0.3) is 11.3 Å². The molecule has 0 bridgehead atoms. The highest BCUT2D eigenvalue weighted by Crippen LogP contribution is 2.36. The molecule has 3 aromatic rings. The molecule has 1 aliphatic heterocycles. The molecule has 7 heteroatoms. The molecule has 0 aliphatic carbocycles. The smallest absolute Gasteiger partial charge is 0.128 e. The summed E-state index contributed by atoms with van der Waals surface area (Å²) in [7, 11) is 3.47. The number of rotatable bonds is 5. The van der Waals surface area contributed by atoms with E-state index in [4.69, 9.17) is 4.74 Å². The maximum atomic E-state index is 13.5. The molecule has 1 aromatic heterocycles. The van der Waals surface area contributed by atoms with Crippen LogP contribution < -0.4 is 4.74 Å². The van der Waals surface area contributed by atoms with Gasteiger partial charge in [0.05, 0.1) is 7.11 Å². The highest BCUT2D eigenvalue weighted by molar-refractivity contribution is 5.69. The van der Waals surface area contributed by atoms with E-state index in [0.29, 0.717) is 6.54 Å². The Morgan fingerprint density at radius 3 is 2.50 bits per heavy atom. The van der Waals surface area contributed by atoms with Gasteiger partial charge in [-0.05, 0) is 29.8 Å². The van der Waals surface area contributed by atoms with Crippen LogP contribution in [0.5, 0.6) is 5.75 Å². The highest BCUT2D eigenvalue weighted by Gasteiger charge is 2.43. The van der Waals surface area contributed by atoms with Crippen LogP contribution in [0.3, 0.4) is 0 Å². The molecule has 0 amide bonds. The fourth-order valence-corrected chi connectivity index (χ4v) is 3.77. The van der Waals surface area contributed by atoms with Crippen molar-refractivity contribution in [2.24, 2.45) is 7.05 Å². The van der Waals surface area contributed by atoms with Crippen molar-refractivity contribution in [3.63, 3.8) is 0 Å². The van der Waals surface area contributed by atoms with Crippen molar-refractivity contribution in [2.45, 2.75) is 12.1 Å². The van der Waals surface area contributed by atoms with Crippen LogP contribution in [-0.4, -0.2) is 40.0 Å². The third-order valence-corrected chi connectivity index (χ3v) is 5.03. The van der Waals surface area contributed by atoms with Crippen LogP contribution in [0.2, 0.25) is 0 Å². The molecule has 0 saturated carbocycles. The molecule has 2 aromatic carbocycles. The van der Waals surface area contributed by atoms with E-state index in [9.17, 15) is 13.9 Å². The third-order valence-electron chi connectivity index (χ3n) is 5.03. The van der Waals surface area contributed by atoms with E-state index in [2.05, 4.69) is 5.10 Å². The molecule has 2 heterocycles. The number of benzene rings is 2. The molecule has 1 N–H and O–H groups in total. The van der Waals surface area contributed by atoms with Crippen molar-refractivity contribution in [2.75, 3.05) is 20.2 Å². The van der Waals surface area contributed by atoms with Gasteiger partial charge in [-0.1, -0.05) is 12.1 Å². The number of hydrogen-bond donors (Lipinski definition) is 1. The minimum absolute atomic E-state index is 0.261. The normalized spacial score (nSPS) is 16.0. The Morgan fingerprint density at radius 1 is 1.14 bits per heavy atom. The zero-order chi connectivity index (χ0) is 19.9. The molecule has 5 nitrogen and oxygen atoms in total. The van der Waals surface area contributed by atoms with E-state index in [-0.39, 0.29) is 18.7 Å². The summed E-state index contributed by atoms with van der Waals surface area (Å²) in [5.41, 5.74) is 1.70. The predicted octanol–water partition coefficient (Wildman–Crippen LogP) is 3.08. The van der Waals surface area contributed by atoms with E-state index < -0.39 is 17.2 Å². The van der Waals surface area contributed by atoms with Crippen LogP contribution in [0.4, 0.5) is 8.78 Å². The van der Waals surface area contributed by atoms with Crippen LogP contribution in [0.1, 0.15) is 11.1 Å². The average molecular weight is 385 g/mol. The summed E-state index contributed by atoms with van der Waals surface area (Å²) in [5, 5.41) is 15.3. The lowest BCUT2D eigenvalue weighted by Gasteiger charge is -2.46. The molecular weight excluding hydrogens is 364 g/mol. The standard InChI is InChI=1S/C21H21F2N3O2/c1-25-10-14(20(24-25)18-5-3-4-6-19(18)28-2)11-26-12-21(27,13-26)15-7-16(22)9-17(23)8-15/h3-10,27H,11-13H2,1-2H3. The first kappa shape index (κ1) is 18.6. The van der Waals surface area contributed by atoms with Crippen LogP contribution in [0.15, 0.2) is 48.7 Å². The number of para-hydroxylation sites is 1. The highest BCUT2D eigenvalue weighted by atomic mass is 19.1. The van der Waals surface area contributed by atoms with E-state index in [1.54, 1.807) is 11.8 Å². The lowest BCUT2D eigenvalue weighted by atomic mass is 9.85. The van der Waals surface area contributed by atoms with E-state index in [1.807, 2.05) is 42.4 Å². The van der Waals surface area contributed by atoms with Gasteiger partial charge in [-0.25, -0.2) is 8.78 Å². The Hall–Kier alpha value is -2.77. The quantitative estimate of drug-likeness (QED) is 0.733. The Morgan fingerprint density at radius 2 is 1.82 bits per heavy atom. The largest absolute Gasteiger partial charge is 0.496 e. The average Bonchev–Trinajstić information content (AvgIpc) is 2.99. The lowest BCUT2D eigenvalue weighted by Crippen LogP contribution is -2.58. The van der Waals surface area contributed by atoms with Crippen molar-refractivity contribution in [1.82, 2.24) is 14.7 Å². The number of aromatic nitrogens is 2. The maximum absolute atomic E-state index is 13.5. The van der Waals surface area contributed by atoms with Crippen molar-refractivity contribution in [1.29, 1.82) is 0 Å². The fourth-order valence-electron chi connectivity index (χ4n) is 3.77. The number of nitrogens with zero attached hydrogens (tertiary/aromatic N) is 3. The molecule has 0 spiro atoms. The molecule has 1 fully saturated rings. The van der Waals surface area contributed by atoms with Gasteiger partial charge in [-0.2, -0.15) is 5.10 Å². The Kier molecular flexibility index (Phi) is 4.64. The van der Waals surface area contributed by atoms with Gasteiger partial charge >= 0.3 is 0 Å². The summed E-state index contributed by atoms with van der Waals surface area (Å²) in [6.45, 7) is 1.13. The van der Waals surface area contributed by atoms with Gasteiger partial charge in [0.15, 0.2) is 0 Å². The Bertz CT molecular complexity index is 992. The van der Waals surface area contributed by atoms with Crippen molar-refractivity contribution >= 4 is 0 Å². The number of methoxy groups -OCH3 is 1. The number of ether oxygens (including phenoxy) is 1. The monoisotopic (exact) mass is 385 g/mol. The van der Waals surface area contributed by atoms with Gasteiger partial charge in [-0.15, -0.1) is 0 Å². The minimum Gasteiger partial charge on any atom is -0.496 e. The Labute approximate surface area is 161 Å². The van der Waals surface area contributed by atoms with Crippen LogP contribution >= 0.6 is 0 Å². The second-order valence-electron chi connectivity index (χ2n) is 7.21. The SMILES string of the molecule is COc1ccccc1-c1nn(C)cc1CN1CC(O)(c2cc(F)cc(F)c2)C1. The van der Waals surface area contributed by atoms with Gasteiger partial charge in [0, 0.05) is 50.1 Å². The van der Waals surface area contributed by atoms with E-state index >= 15 is 0 Å². The topological polar surface area (TPSA) is 50.5 Å². The summed E-state index contributed by atoms with van der Waals surface area (Å²) in [4.78, 5) is 2.01. The van der Waals surface area contributed by atoms with Gasteiger partial charge in [-0.3, -0.25) is 9.58 Å². The summed E-state index contributed by atoms with van der Waals surface area (Å²) in [6.07, 6.45) is 1.93. The molecule has 4 rings (SSSR count). The molecule has 1 saturated heterocycles. The summed E-state index contributed by atoms with van der Waals surface area (Å²) >= 11 is 0. The van der Waals surface area contributed by atoms with Gasteiger partial charge < -0.3 is 9.84 Å². The van der Waals surface area contributed by atoms with Gasteiger partial charge in [0.1, 0.15) is 28.7 Å². The molecule has 0 atom stereocenters. The van der Waals surface area contributed by atoms with Crippen LogP contribution in [-0.2, 0) is 19.2 Å². The molecule has 1 aliphatic rings. The first-order valence-corrected chi connectivity index (χ1v) is 8.95. The first-order chi connectivity index (χ1) is 13.4. The molecule has 146 valence electrons. The summed E-state index contributed by atoms with van der Waals surface area (Å²) < 4.78 is 34.2. The van der Waals surface area contributed by atoms with Crippen LogP contribution in [0, 0.1) is 11.6 Å². The predicted molar refractivity (Wildman–Crippen MR) is 101 cm³/mol. The number of β-amino-alcohol motifs (C(OH)–C–C–N with tert-alkyl or cyclic N) is 1. The van der Waals surface area contributed by atoms with Crippen molar-refractivity contribution in [3.05, 3.63) is 71.4 Å². The second-order valence-corrected chi connectivity index (χ2v) is 7.21. The Balaban J connectivity index is 1.54. The van der Waals surface area contributed by atoms with Crippen molar-refractivity contribution in [3.8, 4) is 17.0 Å². The van der Waals surface area contributed by atoms with E-state index in [0.717, 1.165) is 28.6 Å². The molecular formula is C21H21F2N3O2. The number of likely N-dealkylation sites (tertiary alicyclic amines) is 1. The molecule has 0 radical (unpaired) electrons. The van der Waals surface area contributed by atoms with Crippen molar-refractivity contribution < 1.29 is 18.6 Å². The number of halogens is 2. The molecule has 28 heavy (non-hydrogen) atoms. The van der Waals surface area contributed by atoms with Gasteiger partial charge in [0.2, 0.25) is 0 Å². The van der Waals surface area contributed by atoms with E-state index in [1.165, 1.54) is 12.1 Å². The molecule has 0 unspecified atom stereocenters. The third kappa shape index (κ3) is 3.39. The number of aliphatic hydroxyl groups is 1. The first-order valence-electron chi connectivity index (χ1n) is 8.95. The maximum Gasteiger partial charge on any atom is 0.128 e. The summed E-state index contributed by atoms with van der Waals surface area (Å²) in [5.74, 6) is -0.641. The zero-order valence-electron chi connectivity index (χ0n) is 15.7. The van der Waals surface area contributed by atoms with Gasteiger partial charge in [0.25, 0.3) is 0 Å².